The van der Waals surface area contributed by atoms with Crippen LogP contribution >= 0.6 is 15.9 Å². The highest BCUT2D eigenvalue weighted by Crippen LogP contribution is 2.43. The van der Waals surface area contributed by atoms with Crippen molar-refractivity contribution in [2.75, 3.05) is 31.6 Å². The Labute approximate surface area is 361 Å². The number of hydrogen-bond acceptors (Lipinski definition) is 12. The number of alkyl carbamates (subject to hydrolysis) is 1. The Morgan fingerprint density at radius 3 is 2.48 bits per heavy atom. The number of amides is 3. The normalized spacial score (nSPS) is 27.0. The topological polar surface area (TPSA) is 200 Å². The quantitative estimate of drug-likeness (QED) is 0.0307. The summed E-state index contributed by atoms with van der Waals surface area (Å²) in [5.74, 6) is -0.0692. The predicted molar refractivity (Wildman–Crippen MR) is 226 cm³/mol. The van der Waals surface area contributed by atoms with Crippen molar-refractivity contribution in [3.63, 3.8) is 0 Å². The SMILES string of the molecule is CC(=O)O[C@@H](C)/C=C\C(=O)N[C@@H]1C[C@H](C)[C@H](C/C=C(C)/C=C/[C@H]2O[C@H](CC(=O)CNC(=O)OCc3ccc(OCCCCCNC(=O)CBr)cc3)C[C@@]3(CO3)[C@@H]2O)O[C@@H]1C. The summed E-state index contributed by atoms with van der Waals surface area (Å²) in [7, 11) is 0. The summed E-state index contributed by atoms with van der Waals surface area (Å²) in [5, 5.41) is 19.7. The van der Waals surface area contributed by atoms with Crippen LogP contribution in [0.4, 0.5) is 4.79 Å². The molecular weight excluding hydrogens is 842 g/mol. The number of ketones is 1. The maximum Gasteiger partial charge on any atom is 0.407 e. The molecule has 3 heterocycles. The highest BCUT2D eigenvalue weighted by Gasteiger charge is 2.58. The van der Waals surface area contributed by atoms with E-state index < -0.39 is 42.1 Å². The molecule has 15 nitrogen and oxygen atoms in total. The van der Waals surface area contributed by atoms with Gasteiger partial charge in [0.1, 0.15) is 36.3 Å². The van der Waals surface area contributed by atoms with Gasteiger partial charge in [-0.1, -0.05) is 58.8 Å². The first-order valence-electron chi connectivity index (χ1n) is 20.8. The van der Waals surface area contributed by atoms with E-state index in [1.165, 1.54) is 19.1 Å². The Kier molecular flexibility index (Phi) is 19.7. The van der Waals surface area contributed by atoms with Crippen LogP contribution in [0.25, 0.3) is 0 Å². The summed E-state index contributed by atoms with van der Waals surface area (Å²) in [6.07, 6.45) is 9.55. The minimum Gasteiger partial charge on any atom is -0.494 e. The van der Waals surface area contributed by atoms with Crippen LogP contribution in [0.5, 0.6) is 5.75 Å². The van der Waals surface area contributed by atoms with Gasteiger partial charge in [-0.3, -0.25) is 19.2 Å². The lowest BCUT2D eigenvalue weighted by Crippen LogP contribution is -2.50. The van der Waals surface area contributed by atoms with Crippen molar-refractivity contribution in [2.45, 2.75) is 134 Å². The van der Waals surface area contributed by atoms with E-state index in [4.69, 9.17) is 28.4 Å². The van der Waals surface area contributed by atoms with Crippen LogP contribution in [-0.2, 0) is 49.5 Å². The summed E-state index contributed by atoms with van der Waals surface area (Å²) in [6, 6.07) is 7.06. The minimum absolute atomic E-state index is 0.0227. The zero-order valence-corrected chi connectivity index (χ0v) is 36.9. The zero-order valence-electron chi connectivity index (χ0n) is 35.3. The Morgan fingerprint density at radius 2 is 1.78 bits per heavy atom. The third kappa shape index (κ3) is 16.8. The van der Waals surface area contributed by atoms with E-state index in [0.29, 0.717) is 43.7 Å². The van der Waals surface area contributed by atoms with Gasteiger partial charge in [0.2, 0.25) is 11.8 Å². The molecule has 3 aliphatic heterocycles. The summed E-state index contributed by atoms with van der Waals surface area (Å²) in [5.41, 5.74) is 0.950. The standard InChI is InChI=1S/C44H62BrN3O12/c1-28(9-16-38-29(2)21-37(31(4)59-38)48-40(51)18-11-30(3)58-32(5)49)10-17-39-42(53)44(27-57-44)23-36(60-39)22-34(50)25-47-43(54)56-26-33-12-14-35(15-13-33)55-20-8-6-7-19-46-41(52)24-45/h9-15,17-18,29-31,36-39,42,53H,6-8,16,19-27H2,1-5H3,(H,46,52)(H,47,54)(H,48,51)/b17-10+,18-11-,28-9+/t29-,30-,31+,36+,37+,38-,39+,42+,44+/m0/s1. The molecule has 16 heteroatoms. The van der Waals surface area contributed by atoms with Gasteiger partial charge in [0.05, 0.1) is 49.4 Å². The second-order valence-corrected chi connectivity index (χ2v) is 16.4. The number of nitrogens with one attached hydrogen (secondary N) is 3. The fourth-order valence-electron chi connectivity index (χ4n) is 7.13. The molecule has 3 aliphatic rings. The van der Waals surface area contributed by atoms with Crippen LogP contribution in [0.15, 0.2) is 60.2 Å². The van der Waals surface area contributed by atoms with E-state index in [0.717, 1.165) is 36.8 Å². The summed E-state index contributed by atoms with van der Waals surface area (Å²) in [4.78, 5) is 60.1. The number of aliphatic hydroxyl groups excluding tert-OH is 1. The van der Waals surface area contributed by atoms with E-state index in [2.05, 4.69) is 44.9 Å². The molecule has 332 valence electrons. The number of halogens is 1. The molecular formula is C44H62BrN3O12. The predicted octanol–water partition coefficient (Wildman–Crippen LogP) is 4.92. The molecule has 1 spiro atoms. The highest BCUT2D eigenvalue weighted by atomic mass is 79.9. The summed E-state index contributed by atoms with van der Waals surface area (Å²) < 4.78 is 34.2. The van der Waals surface area contributed by atoms with Crippen LogP contribution in [0.3, 0.4) is 0 Å². The molecule has 0 aromatic heterocycles. The first-order chi connectivity index (χ1) is 28.7. The number of carbonyl (C=O) groups is 5. The molecule has 1 aromatic rings. The third-order valence-electron chi connectivity index (χ3n) is 10.6. The number of hydrogen-bond donors (Lipinski definition) is 4. The molecule has 0 aliphatic carbocycles. The molecule has 60 heavy (non-hydrogen) atoms. The minimum atomic E-state index is -0.897. The zero-order chi connectivity index (χ0) is 43.7. The van der Waals surface area contributed by atoms with Gasteiger partial charge >= 0.3 is 12.1 Å². The number of carbonyl (C=O) groups excluding carboxylic acids is 5. The first kappa shape index (κ1) is 48.6. The van der Waals surface area contributed by atoms with Crippen molar-refractivity contribution in [3.8, 4) is 5.75 Å². The number of ether oxygens (including phenoxy) is 6. The Bertz CT molecular complexity index is 1680. The molecule has 0 saturated carbocycles. The smallest absolute Gasteiger partial charge is 0.407 e. The van der Waals surface area contributed by atoms with Gasteiger partial charge < -0.3 is 49.5 Å². The van der Waals surface area contributed by atoms with Gasteiger partial charge in [-0.2, -0.15) is 0 Å². The van der Waals surface area contributed by atoms with E-state index in [9.17, 15) is 29.1 Å². The number of Topliss-reactive ketones (excluding diaryl/α,β-unsaturated/α-hetero) is 1. The maximum absolute atomic E-state index is 12.9. The first-order valence-corrected chi connectivity index (χ1v) is 21.9. The Hall–Kier alpha value is -4.09. The van der Waals surface area contributed by atoms with Crippen LogP contribution < -0.4 is 20.7 Å². The van der Waals surface area contributed by atoms with Crippen LogP contribution in [-0.4, -0.2) is 115 Å². The fourth-order valence-corrected chi connectivity index (χ4v) is 7.33. The van der Waals surface area contributed by atoms with Crippen molar-refractivity contribution >= 4 is 45.6 Å². The molecule has 4 rings (SSSR count). The largest absolute Gasteiger partial charge is 0.494 e. The maximum atomic E-state index is 12.9. The Morgan fingerprint density at radius 1 is 1.03 bits per heavy atom. The molecule has 0 bridgehead atoms. The van der Waals surface area contributed by atoms with Gasteiger partial charge in [0, 0.05) is 32.4 Å². The lowest BCUT2D eigenvalue weighted by molar-refractivity contribution is -0.144. The van der Waals surface area contributed by atoms with E-state index in [-0.39, 0.29) is 61.3 Å². The average molecular weight is 905 g/mol. The number of unbranched alkanes of at least 4 members (excludes halogenated alkanes) is 2. The van der Waals surface area contributed by atoms with Crippen molar-refractivity contribution in [1.82, 2.24) is 16.0 Å². The number of epoxide rings is 1. The second kappa shape index (κ2) is 24.4. The van der Waals surface area contributed by atoms with Crippen molar-refractivity contribution in [2.24, 2.45) is 5.92 Å². The van der Waals surface area contributed by atoms with Gasteiger partial charge in [0.25, 0.3) is 0 Å². The number of esters is 1. The van der Waals surface area contributed by atoms with Gasteiger partial charge in [0.15, 0.2) is 5.78 Å². The van der Waals surface area contributed by atoms with E-state index >= 15 is 0 Å². The van der Waals surface area contributed by atoms with Gasteiger partial charge in [-0.25, -0.2) is 4.79 Å². The highest BCUT2D eigenvalue weighted by molar-refractivity contribution is 9.09. The van der Waals surface area contributed by atoms with Crippen molar-refractivity contribution in [1.29, 1.82) is 0 Å². The molecule has 4 N–H and O–H groups in total. The van der Waals surface area contributed by atoms with Crippen molar-refractivity contribution in [3.05, 3.63) is 65.8 Å². The number of allylic oxidation sites excluding steroid dienone is 2. The molecule has 0 radical (unpaired) electrons. The molecule has 3 amide bonds. The average Bonchev–Trinajstić information content (AvgIpc) is 3.99. The van der Waals surface area contributed by atoms with Crippen molar-refractivity contribution < 1.29 is 57.5 Å². The Balaban J connectivity index is 1.14. The molecule has 0 unspecified atom stereocenters. The van der Waals surface area contributed by atoms with Gasteiger partial charge in [-0.15, -0.1) is 0 Å². The lowest BCUT2D eigenvalue weighted by Gasteiger charge is -2.39. The van der Waals surface area contributed by atoms with E-state index in [1.54, 1.807) is 37.3 Å². The number of alkyl halides is 1. The molecule has 1 aromatic carbocycles. The van der Waals surface area contributed by atoms with Crippen LogP contribution in [0, 0.1) is 5.92 Å². The summed E-state index contributed by atoms with van der Waals surface area (Å²) >= 11 is 3.12. The van der Waals surface area contributed by atoms with E-state index in [1.807, 2.05) is 19.9 Å². The van der Waals surface area contributed by atoms with Gasteiger partial charge in [-0.05, 0) is 82.6 Å². The number of benzene rings is 1. The molecule has 9 atom stereocenters. The van der Waals surface area contributed by atoms with Crippen LogP contribution in [0.1, 0.15) is 85.1 Å². The molecule has 3 fully saturated rings. The number of aliphatic hydroxyl groups is 1. The second-order valence-electron chi connectivity index (χ2n) is 15.9. The summed E-state index contributed by atoms with van der Waals surface area (Å²) in [6.45, 7) is 10.4. The third-order valence-corrected chi connectivity index (χ3v) is 11.1. The lowest BCUT2D eigenvalue weighted by atomic mass is 9.87. The fraction of sp³-hybridized carbons (Fsp3) is 0.614. The monoisotopic (exact) mass is 903 g/mol. The number of rotatable bonds is 22. The molecule has 3 saturated heterocycles. The van der Waals surface area contributed by atoms with Crippen LogP contribution in [0.2, 0.25) is 0 Å².